The Kier molecular flexibility index (Phi) is 2.67. The van der Waals surface area contributed by atoms with Crippen molar-refractivity contribution in [2.45, 2.75) is 31.8 Å². The lowest BCUT2D eigenvalue weighted by Crippen LogP contribution is -2.26. The lowest BCUT2D eigenvalue weighted by molar-refractivity contribution is 0.282. The summed E-state index contributed by atoms with van der Waals surface area (Å²) in [7, 11) is 2.19. The van der Waals surface area contributed by atoms with Crippen molar-refractivity contribution in [1.82, 2.24) is 19.9 Å². The van der Waals surface area contributed by atoms with Crippen molar-refractivity contribution in [3.8, 4) is 0 Å². The standard InChI is InChI=1S/C9H17N5/c1-13-5-2-3-8(13)4-6-14-7-9(10)11-12-14/h7-8H,2-6,10H2,1H3. The zero-order chi connectivity index (χ0) is 9.97. The van der Waals surface area contributed by atoms with Crippen molar-refractivity contribution in [1.29, 1.82) is 0 Å². The number of anilines is 1. The van der Waals surface area contributed by atoms with Crippen LogP contribution < -0.4 is 5.73 Å². The number of likely N-dealkylation sites (tertiary alicyclic amines) is 1. The van der Waals surface area contributed by atoms with Gasteiger partial charge in [0, 0.05) is 12.6 Å². The van der Waals surface area contributed by atoms with Gasteiger partial charge in [0.15, 0.2) is 5.82 Å². The average Bonchev–Trinajstić information content (AvgIpc) is 2.72. The molecule has 1 aromatic rings. The first-order valence-corrected chi connectivity index (χ1v) is 5.11. The second kappa shape index (κ2) is 3.96. The quantitative estimate of drug-likeness (QED) is 0.755. The number of nitrogen functional groups attached to an aromatic ring is 1. The molecule has 1 fully saturated rings. The molecule has 5 nitrogen and oxygen atoms in total. The molecule has 0 aliphatic carbocycles. The highest BCUT2D eigenvalue weighted by Crippen LogP contribution is 2.18. The van der Waals surface area contributed by atoms with Crippen molar-refractivity contribution in [3.05, 3.63) is 6.20 Å². The van der Waals surface area contributed by atoms with E-state index in [9.17, 15) is 0 Å². The van der Waals surface area contributed by atoms with Crippen LogP contribution in [0.1, 0.15) is 19.3 Å². The third-order valence-corrected chi connectivity index (χ3v) is 2.92. The van der Waals surface area contributed by atoms with Gasteiger partial charge in [-0.2, -0.15) is 0 Å². The van der Waals surface area contributed by atoms with Gasteiger partial charge in [0.05, 0.1) is 6.20 Å². The van der Waals surface area contributed by atoms with Crippen molar-refractivity contribution in [3.63, 3.8) is 0 Å². The predicted molar refractivity (Wildman–Crippen MR) is 54.7 cm³/mol. The van der Waals surface area contributed by atoms with Crippen LogP contribution in [0.2, 0.25) is 0 Å². The van der Waals surface area contributed by atoms with E-state index in [0.29, 0.717) is 11.9 Å². The van der Waals surface area contributed by atoms with E-state index in [1.54, 1.807) is 6.20 Å². The largest absolute Gasteiger partial charge is 0.381 e. The third-order valence-electron chi connectivity index (χ3n) is 2.92. The van der Waals surface area contributed by atoms with Gasteiger partial charge in [-0.25, -0.2) is 0 Å². The van der Waals surface area contributed by atoms with Crippen LogP contribution in [0.15, 0.2) is 6.20 Å². The van der Waals surface area contributed by atoms with Crippen molar-refractivity contribution < 1.29 is 0 Å². The van der Waals surface area contributed by atoms with Crippen LogP contribution >= 0.6 is 0 Å². The Balaban J connectivity index is 1.82. The zero-order valence-corrected chi connectivity index (χ0v) is 8.56. The second-order valence-electron chi connectivity index (χ2n) is 3.97. The highest BCUT2D eigenvalue weighted by Gasteiger charge is 2.20. The van der Waals surface area contributed by atoms with Gasteiger partial charge in [0.25, 0.3) is 0 Å². The highest BCUT2D eigenvalue weighted by atomic mass is 15.4. The molecule has 78 valence electrons. The minimum atomic E-state index is 0.504. The summed E-state index contributed by atoms with van der Waals surface area (Å²) in [5.41, 5.74) is 5.48. The molecular formula is C9H17N5. The number of aryl methyl sites for hydroxylation is 1. The molecule has 5 heteroatoms. The molecule has 0 saturated carbocycles. The van der Waals surface area contributed by atoms with Crippen LogP contribution in [-0.4, -0.2) is 39.5 Å². The number of nitrogens with two attached hydrogens (primary N) is 1. The van der Waals surface area contributed by atoms with Crippen LogP contribution in [0.4, 0.5) is 5.82 Å². The molecule has 2 rings (SSSR count). The molecule has 1 aliphatic rings. The van der Waals surface area contributed by atoms with Crippen LogP contribution in [0.5, 0.6) is 0 Å². The van der Waals surface area contributed by atoms with Crippen molar-refractivity contribution >= 4 is 5.82 Å². The topological polar surface area (TPSA) is 60.0 Å². The Morgan fingerprint density at radius 1 is 1.64 bits per heavy atom. The maximum atomic E-state index is 5.48. The molecule has 0 radical (unpaired) electrons. The van der Waals surface area contributed by atoms with Crippen LogP contribution in [0, 0.1) is 0 Å². The van der Waals surface area contributed by atoms with Gasteiger partial charge in [-0.1, -0.05) is 5.21 Å². The fourth-order valence-corrected chi connectivity index (χ4v) is 2.05. The van der Waals surface area contributed by atoms with E-state index in [-0.39, 0.29) is 0 Å². The molecular weight excluding hydrogens is 178 g/mol. The van der Waals surface area contributed by atoms with Crippen LogP contribution in [0.3, 0.4) is 0 Å². The molecule has 0 bridgehead atoms. The van der Waals surface area contributed by atoms with E-state index >= 15 is 0 Å². The van der Waals surface area contributed by atoms with Crippen molar-refractivity contribution in [2.75, 3.05) is 19.3 Å². The monoisotopic (exact) mass is 195 g/mol. The summed E-state index contributed by atoms with van der Waals surface area (Å²) in [4.78, 5) is 2.42. The van der Waals surface area contributed by atoms with Crippen LogP contribution in [0.25, 0.3) is 0 Å². The summed E-state index contributed by atoms with van der Waals surface area (Å²) in [5.74, 6) is 0.504. The first-order chi connectivity index (χ1) is 6.75. The molecule has 1 atom stereocenters. The lowest BCUT2D eigenvalue weighted by Gasteiger charge is -2.18. The van der Waals surface area contributed by atoms with Gasteiger partial charge in [0.1, 0.15) is 0 Å². The molecule has 1 saturated heterocycles. The fourth-order valence-electron chi connectivity index (χ4n) is 2.05. The minimum Gasteiger partial charge on any atom is -0.381 e. The molecule has 1 aromatic heterocycles. The molecule has 1 unspecified atom stereocenters. The maximum Gasteiger partial charge on any atom is 0.165 e. The summed E-state index contributed by atoms with van der Waals surface area (Å²) >= 11 is 0. The second-order valence-corrected chi connectivity index (χ2v) is 3.97. The lowest BCUT2D eigenvalue weighted by atomic mass is 10.1. The number of hydrogen-bond acceptors (Lipinski definition) is 4. The number of rotatable bonds is 3. The third kappa shape index (κ3) is 2.04. The molecule has 0 spiro atoms. The number of aromatic nitrogens is 3. The molecule has 2 heterocycles. The molecule has 1 aliphatic heterocycles. The summed E-state index contributed by atoms with van der Waals surface area (Å²) in [6, 6.07) is 0.709. The van der Waals surface area contributed by atoms with Gasteiger partial charge in [-0.05, 0) is 32.9 Å². The van der Waals surface area contributed by atoms with Gasteiger partial charge in [-0.15, -0.1) is 5.10 Å². The first-order valence-electron chi connectivity index (χ1n) is 5.11. The van der Waals surface area contributed by atoms with Gasteiger partial charge in [0.2, 0.25) is 0 Å². The Morgan fingerprint density at radius 3 is 3.07 bits per heavy atom. The summed E-state index contributed by atoms with van der Waals surface area (Å²) in [5, 5.41) is 7.68. The van der Waals surface area contributed by atoms with E-state index in [1.165, 1.54) is 19.4 Å². The van der Waals surface area contributed by atoms with Crippen LogP contribution in [-0.2, 0) is 6.54 Å². The smallest absolute Gasteiger partial charge is 0.165 e. The zero-order valence-electron chi connectivity index (χ0n) is 8.56. The van der Waals surface area contributed by atoms with E-state index < -0.39 is 0 Å². The SMILES string of the molecule is CN1CCCC1CCn1cc(N)nn1. The maximum absolute atomic E-state index is 5.48. The summed E-state index contributed by atoms with van der Waals surface area (Å²) < 4.78 is 1.82. The van der Waals surface area contributed by atoms with Crippen molar-refractivity contribution in [2.24, 2.45) is 0 Å². The minimum absolute atomic E-state index is 0.504. The van der Waals surface area contributed by atoms with E-state index in [1.807, 2.05) is 4.68 Å². The number of nitrogens with zero attached hydrogens (tertiary/aromatic N) is 4. The number of hydrogen-bond donors (Lipinski definition) is 1. The molecule has 0 amide bonds. The van der Waals surface area contributed by atoms with E-state index in [4.69, 9.17) is 5.73 Å². The Hall–Kier alpha value is -1.10. The normalized spacial score (nSPS) is 23.1. The first kappa shape index (κ1) is 9.45. The Labute approximate surface area is 83.9 Å². The van der Waals surface area contributed by atoms with Gasteiger partial charge in [-0.3, -0.25) is 4.68 Å². The fraction of sp³-hybridized carbons (Fsp3) is 0.778. The molecule has 14 heavy (non-hydrogen) atoms. The van der Waals surface area contributed by atoms with E-state index in [2.05, 4.69) is 22.3 Å². The highest BCUT2D eigenvalue weighted by molar-refractivity contribution is 5.19. The van der Waals surface area contributed by atoms with Gasteiger partial charge >= 0.3 is 0 Å². The summed E-state index contributed by atoms with van der Waals surface area (Å²) in [6.07, 6.45) is 5.55. The summed E-state index contributed by atoms with van der Waals surface area (Å²) in [6.45, 7) is 2.14. The average molecular weight is 195 g/mol. The van der Waals surface area contributed by atoms with Gasteiger partial charge < -0.3 is 10.6 Å². The Morgan fingerprint density at radius 2 is 2.50 bits per heavy atom. The molecule has 0 aromatic carbocycles. The Bertz CT molecular complexity index is 295. The molecule has 2 N–H and O–H groups in total. The van der Waals surface area contributed by atoms with E-state index in [0.717, 1.165) is 13.0 Å². The predicted octanol–water partition coefficient (Wildman–Crippen LogP) is 0.345.